The largest absolute Gasteiger partial charge is 0.144 e. The molecule has 0 fully saturated rings. The van der Waals surface area contributed by atoms with Crippen LogP contribution in [0.3, 0.4) is 0 Å². The van der Waals surface area contributed by atoms with Gasteiger partial charge < -0.3 is 0 Å². The average Bonchev–Trinajstić information content (AvgIpc) is 4.20. The molecule has 0 radical (unpaired) electrons. The van der Waals surface area contributed by atoms with Crippen LogP contribution in [0.15, 0.2) is 216 Å². The molecule has 62 heavy (non-hydrogen) atoms. The van der Waals surface area contributed by atoms with E-state index in [-0.39, 0.29) is 0 Å². The van der Waals surface area contributed by atoms with Gasteiger partial charge in [0.25, 0.3) is 0 Å². The Kier molecular flexibility index (Phi) is 9.38. The molecule has 12 rings (SSSR count). The van der Waals surface area contributed by atoms with Crippen LogP contribution in [0.2, 0.25) is 0 Å². The van der Waals surface area contributed by atoms with Crippen molar-refractivity contribution in [2.45, 2.75) is 0 Å². The van der Waals surface area contributed by atoms with Crippen LogP contribution in [0, 0.1) is 0 Å². The Balaban J connectivity index is 1.29. The Morgan fingerprint density at radius 3 is 1.19 bits per heavy atom. The van der Waals surface area contributed by atoms with E-state index >= 15 is 0 Å². The van der Waals surface area contributed by atoms with E-state index in [0.29, 0.717) is 0 Å². The number of fused-ring (bicyclic) bond motifs is 3. The van der Waals surface area contributed by atoms with Gasteiger partial charge in [-0.25, -0.2) is 0 Å². The summed E-state index contributed by atoms with van der Waals surface area (Å²) in [7, 11) is 0. The maximum absolute atomic E-state index is 2.50. The van der Waals surface area contributed by atoms with Crippen molar-refractivity contribution in [1.82, 2.24) is 0 Å². The predicted molar refractivity (Wildman–Crippen MR) is 274 cm³/mol. The van der Waals surface area contributed by atoms with E-state index in [4.69, 9.17) is 0 Å². The Hall–Kier alpha value is -6.66. The van der Waals surface area contributed by atoms with Crippen LogP contribution < -0.4 is 0 Å². The smallest absolute Gasteiger partial charge is 0.0343 e. The first-order chi connectivity index (χ1) is 30.7. The average molecular weight is 861 g/mol. The monoisotopic (exact) mass is 860 g/mol. The molecule has 0 aliphatic heterocycles. The van der Waals surface area contributed by atoms with Gasteiger partial charge in [0.2, 0.25) is 0 Å². The Morgan fingerprint density at radius 2 is 0.661 bits per heavy atom. The summed E-state index contributed by atoms with van der Waals surface area (Å²) in [5.74, 6) is 0. The fourth-order valence-electron chi connectivity index (χ4n) is 9.26. The summed E-state index contributed by atoms with van der Waals surface area (Å²) >= 11 is 7.16. The molecule has 292 valence electrons. The lowest BCUT2D eigenvalue weighted by Gasteiger charge is -2.24. The summed E-state index contributed by atoms with van der Waals surface area (Å²) in [5.41, 5.74) is 14.8. The molecule has 0 saturated carbocycles. The lowest BCUT2D eigenvalue weighted by Crippen LogP contribution is -1.97. The van der Waals surface area contributed by atoms with Gasteiger partial charge >= 0.3 is 0 Å². The first-order valence-electron chi connectivity index (χ1n) is 20.8. The molecule has 4 heterocycles. The molecule has 0 amide bonds. The van der Waals surface area contributed by atoms with Crippen molar-refractivity contribution in [3.8, 4) is 86.3 Å². The highest BCUT2D eigenvalue weighted by atomic mass is 32.1. The summed E-state index contributed by atoms with van der Waals surface area (Å²) in [6.45, 7) is 0. The van der Waals surface area contributed by atoms with E-state index in [1.807, 2.05) is 0 Å². The third-order valence-electron chi connectivity index (χ3n) is 12.0. The molecular formula is C58H36S4. The topological polar surface area (TPSA) is 0 Å². The van der Waals surface area contributed by atoms with Crippen LogP contribution in [0.25, 0.3) is 119 Å². The number of hydrogen-bond donors (Lipinski definition) is 0. The van der Waals surface area contributed by atoms with Crippen LogP contribution >= 0.6 is 45.3 Å². The Labute approximate surface area is 376 Å². The van der Waals surface area contributed by atoms with E-state index < -0.39 is 0 Å². The normalized spacial score (nSPS) is 11.5. The van der Waals surface area contributed by atoms with Crippen molar-refractivity contribution in [1.29, 1.82) is 0 Å². The summed E-state index contributed by atoms with van der Waals surface area (Å²) in [6.07, 6.45) is 0. The highest BCUT2D eigenvalue weighted by molar-refractivity contribution is 7.14. The van der Waals surface area contributed by atoms with E-state index in [2.05, 4.69) is 216 Å². The highest BCUT2D eigenvalue weighted by Gasteiger charge is 2.25. The second kappa shape index (κ2) is 15.7. The second-order valence-electron chi connectivity index (χ2n) is 15.6. The third kappa shape index (κ3) is 6.47. The van der Waals surface area contributed by atoms with Gasteiger partial charge in [0, 0.05) is 19.5 Å². The van der Waals surface area contributed by atoms with Crippen molar-refractivity contribution >= 4 is 77.7 Å². The van der Waals surface area contributed by atoms with Gasteiger partial charge in [0.05, 0.1) is 0 Å². The number of rotatable bonds is 8. The van der Waals surface area contributed by atoms with Crippen molar-refractivity contribution in [2.24, 2.45) is 0 Å². The highest BCUT2D eigenvalue weighted by Crippen LogP contribution is 2.53. The van der Waals surface area contributed by atoms with E-state index in [1.165, 1.54) is 119 Å². The number of benzene rings is 8. The van der Waals surface area contributed by atoms with Crippen LogP contribution in [0.4, 0.5) is 0 Å². The quantitative estimate of drug-likeness (QED) is 0.134. The molecular weight excluding hydrogens is 825 g/mol. The Morgan fingerprint density at radius 1 is 0.242 bits per heavy atom. The zero-order chi connectivity index (χ0) is 41.0. The fourth-order valence-corrected chi connectivity index (χ4v) is 12.2. The molecule has 0 bridgehead atoms. The molecule has 0 atom stereocenters. The second-order valence-corrected chi connectivity index (χ2v) is 19.4. The SMILES string of the molecule is c1ccc(-c2c3cc4cc(-c5cccs5)ccc4c(-c4ccc(-c5cccs5)cc4)c3c(-c3ccccc3)c3cc(-c4cccs4)cc(-c4ccc(-c5cccs5)cc4)c23)cc1. The molecule has 0 unspecified atom stereocenters. The molecule has 12 aromatic rings. The minimum Gasteiger partial charge on any atom is -0.144 e. The first-order valence-corrected chi connectivity index (χ1v) is 24.3. The van der Waals surface area contributed by atoms with Gasteiger partial charge in [-0.2, -0.15) is 0 Å². The zero-order valence-electron chi connectivity index (χ0n) is 33.4. The molecule has 0 aliphatic carbocycles. The van der Waals surface area contributed by atoms with Crippen LogP contribution in [-0.2, 0) is 0 Å². The van der Waals surface area contributed by atoms with E-state index in [0.717, 1.165) is 0 Å². The van der Waals surface area contributed by atoms with Crippen LogP contribution in [-0.4, -0.2) is 0 Å². The minimum atomic E-state index is 1.20. The first kappa shape index (κ1) is 37.1. The van der Waals surface area contributed by atoms with Crippen LogP contribution in [0.5, 0.6) is 0 Å². The summed E-state index contributed by atoms with van der Waals surface area (Å²) in [4.78, 5) is 5.09. The molecule has 0 N–H and O–H groups in total. The molecule has 0 aliphatic rings. The maximum atomic E-state index is 2.50. The lowest BCUT2D eigenvalue weighted by atomic mass is 9.78. The summed E-state index contributed by atoms with van der Waals surface area (Å²) < 4.78 is 0. The van der Waals surface area contributed by atoms with Gasteiger partial charge in [0.1, 0.15) is 0 Å². The maximum Gasteiger partial charge on any atom is 0.0343 e. The predicted octanol–water partition coefficient (Wildman–Crippen LogP) is 18.7. The van der Waals surface area contributed by atoms with Crippen molar-refractivity contribution < 1.29 is 0 Å². The van der Waals surface area contributed by atoms with Gasteiger partial charge in [-0.05, 0) is 169 Å². The standard InChI is InChI=1S/C58H36S4/c1-3-11-40(12-4-1)55-49-34-44-33-43(52-17-9-31-61-52)27-28-46(44)54(42-25-23-39(24-26-42)51-16-8-30-60-51)58(49)56(41-13-5-2-6-14-41)48-36-45(53-18-10-32-62-53)35-47(57(48)55)37-19-21-38(22-20-37)50-15-7-29-59-50/h1-36H. The molecule has 0 spiro atoms. The van der Waals surface area contributed by atoms with E-state index in [9.17, 15) is 0 Å². The van der Waals surface area contributed by atoms with Crippen molar-refractivity contribution in [2.75, 3.05) is 0 Å². The fraction of sp³-hybridized carbons (Fsp3) is 0. The molecule has 8 aromatic carbocycles. The van der Waals surface area contributed by atoms with Crippen molar-refractivity contribution in [3.05, 3.63) is 216 Å². The number of thiophene rings is 4. The molecule has 0 nitrogen and oxygen atoms in total. The van der Waals surface area contributed by atoms with Gasteiger partial charge in [-0.15, -0.1) is 45.3 Å². The van der Waals surface area contributed by atoms with Gasteiger partial charge in [-0.1, -0.05) is 146 Å². The summed E-state index contributed by atoms with van der Waals surface area (Å²) in [6, 6.07) is 72.8. The summed E-state index contributed by atoms with van der Waals surface area (Å²) in [5, 5.41) is 16.2. The molecule has 0 saturated heterocycles. The van der Waals surface area contributed by atoms with Gasteiger partial charge in [-0.3, -0.25) is 0 Å². The Bertz CT molecular complexity index is 3490. The molecule has 4 heteroatoms. The van der Waals surface area contributed by atoms with Crippen molar-refractivity contribution in [3.63, 3.8) is 0 Å². The zero-order valence-corrected chi connectivity index (χ0v) is 36.7. The number of hydrogen-bond acceptors (Lipinski definition) is 4. The molecule has 4 aromatic heterocycles. The minimum absolute atomic E-state index is 1.20. The van der Waals surface area contributed by atoms with Crippen LogP contribution in [0.1, 0.15) is 0 Å². The van der Waals surface area contributed by atoms with Gasteiger partial charge in [0.15, 0.2) is 0 Å². The van der Waals surface area contributed by atoms with E-state index in [1.54, 1.807) is 45.3 Å². The third-order valence-corrected chi connectivity index (χ3v) is 15.7. The lowest BCUT2D eigenvalue weighted by molar-refractivity contribution is 1.62.